The molecule has 4 heteroatoms. The van der Waals surface area contributed by atoms with Crippen molar-refractivity contribution < 1.29 is 13.9 Å². The molecule has 0 bridgehead atoms. The number of halogens is 1. The lowest BCUT2D eigenvalue weighted by atomic mass is 9.99. The van der Waals surface area contributed by atoms with Crippen LogP contribution < -0.4 is 10.1 Å². The second-order valence-corrected chi connectivity index (χ2v) is 4.28. The lowest BCUT2D eigenvalue weighted by Crippen LogP contribution is -2.25. The fourth-order valence-electron chi connectivity index (χ4n) is 1.97. The number of rotatable bonds is 7. The van der Waals surface area contributed by atoms with E-state index in [0.717, 1.165) is 18.5 Å². The number of methoxy groups -OCH3 is 2. The zero-order chi connectivity index (χ0) is 13.5. The summed E-state index contributed by atoms with van der Waals surface area (Å²) in [6.45, 7) is 4.83. The van der Waals surface area contributed by atoms with Crippen LogP contribution in [0.15, 0.2) is 18.2 Å². The molecule has 3 nitrogen and oxygen atoms in total. The van der Waals surface area contributed by atoms with Gasteiger partial charge in [-0.25, -0.2) is 4.39 Å². The molecule has 0 aliphatic carbocycles. The van der Waals surface area contributed by atoms with Gasteiger partial charge in [-0.2, -0.15) is 0 Å². The van der Waals surface area contributed by atoms with Gasteiger partial charge in [0.05, 0.1) is 13.2 Å². The quantitative estimate of drug-likeness (QED) is 0.812. The Hall–Kier alpha value is -1.13. The maximum Gasteiger partial charge on any atom is 0.123 e. The number of hydrogen-bond acceptors (Lipinski definition) is 3. The zero-order valence-corrected chi connectivity index (χ0v) is 11.5. The molecule has 0 radical (unpaired) electrons. The van der Waals surface area contributed by atoms with Gasteiger partial charge >= 0.3 is 0 Å². The van der Waals surface area contributed by atoms with Gasteiger partial charge in [0.1, 0.15) is 11.6 Å². The Kier molecular flexibility index (Phi) is 6.09. The van der Waals surface area contributed by atoms with E-state index in [0.29, 0.717) is 5.75 Å². The van der Waals surface area contributed by atoms with E-state index < -0.39 is 0 Å². The Labute approximate surface area is 108 Å². The predicted molar refractivity (Wildman–Crippen MR) is 70.5 cm³/mol. The molecular weight excluding hydrogens is 233 g/mol. The van der Waals surface area contributed by atoms with Crippen LogP contribution >= 0.6 is 0 Å². The zero-order valence-electron chi connectivity index (χ0n) is 11.5. The third-order valence-corrected chi connectivity index (χ3v) is 2.99. The molecule has 0 saturated carbocycles. The van der Waals surface area contributed by atoms with E-state index >= 15 is 0 Å². The van der Waals surface area contributed by atoms with Crippen LogP contribution in [0, 0.1) is 5.82 Å². The lowest BCUT2D eigenvalue weighted by Gasteiger charge is -2.23. The molecule has 1 rings (SSSR count). The Morgan fingerprint density at radius 3 is 2.61 bits per heavy atom. The highest BCUT2D eigenvalue weighted by molar-refractivity contribution is 5.36. The summed E-state index contributed by atoms with van der Waals surface area (Å²) in [5, 5.41) is 3.34. The molecule has 0 amide bonds. The molecule has 1 N–H and O–H groups in total. The number of ether oxygens (including phenoxy) is 2. The van der Waals surface area contributed by atoms with Crippen molar-refractivity contribution in [3.8, 4) is 5.75 Å². The van der Waals surface area contributed by atoms with Crippen molar-refractivity contribution in [3.05, 3.63) is 29.6 Å². The van der Waals surface area contributed by atoms with E-state index in [1.165, 1.54) is 12.1 Å². The second kappa shape index (κ2) is 7.34. The summed E-state index contributed by atoms with van der Waals surface area (Å²) in [5.41, 5.74) is 0.836. The molecule has 2 unspecified atom stereocenters. The van der Waals surface area contributed by atoms with Crippen LogP contribution in [0.3, 0.4) is 0 Å². The van der Waals surface area contributed by atoms with Gasteiger partial charge in [0.15, 0.2) is 0 Å². The monoisotopic (exact) mass is 255 g/mol. The molecule has 0 aliphatic heterocycles. The average molecular weight is 255 g/mol. The van der Waals surface area contributed by atoms with Gasteiger partial charge in [-0.1, -0.05) is 6.92 Å². The fraction of sp³-hybridized carbons (Fsp3) is 0.571. The highest BCUT2D eigenvalue weighted by Crippen LogP contribution is 2.29. The molecule has 1 aromatic carbocycles. The van der Waals surface area contributed by atoms with Gasteiger partial charge < -0.3 is 14.8 Å². The predicted octanol–water partition coefficient (Wildman–Crippen LogP) is 2.91. The molecule has 0 aliphatic rings. The third-order valence-electron chi connectivity index (χ3n) is 2.99. The van der Waals surface area contributed by atoms with Crippen molar-refractivity contribution in [2.24, 2.45) is 0 Å². The van der Waals surface area contributed by atoms with E-state index in [9.17, 15) is 4.39 Å². The molecule has 0 heterocycles. The van der Waals surface area contributed by atoms with Crippen molar-refractivity contribution in [1.29, 1.82) is 0 Å². The first kappa shape index (κ1) is 14.9. The minimum absolute atomic E-state index is 0.0237. The van der Waals surface area contributed by atoms with Gasteiger partial charge in [-0.05, 0) is 38.1 Å². The molecule has 0 fully saturated rings. The minimum atomic E-state index is -0.251. The van der Waals surface area contributed by atoms with Gasteiger partial charge in [0, 0.05) is 18.7 Å². The summed E-state index contributed by atoms with van der Waals surface area (Å²) in [5.74, 6) is 0.449. The summed E-state index contributed by atoms with van der Waals surface area (Å²) in [4.78, 5) is 0. The summed E-state index contributed by atoms with van der Waals surface area (Å²) in [7, 11) is 3.27. The average Bonchev–Trinajstić information content (AvgIpc) is 2.38. The highest BCUT2D eigenvalue weighted by atomic mass is 19.1. The number of nitrogens with one attached hydrogen (secondary N) is 1. The smallest absolute Gasteiger partial charge is 0.123 e. The summed E-state index contributed by atoms with van der Waals surface area (Å²) in [6.07, 6.45) is 0.867. The van der Waals surface area contributed by atoms with Crippen LogP contribution in [0.25, 0.3) is 0 Å². The van der Waals surface area contributed by atoms with Crippen LogP contribution in [-0.2, 0) is 4.74 Å². The Morgan fingerprint density at radius 1 is 1.33 bits per heavy atom. The maximum atomic E-state index is 13.4. The Morgan fingerprint density at radius 2 is 2.06 bits per heavy atom. The maximum absolute atomic E-state index is 13.4. The van der Waals surface area contributed by atoms with Crippen LogP contribution in [-0.4, -0.2) is 26.9 Å². The van der Waals surface area contributed by atoms with Crippen LogP contribution in [0.4, 0.5) is 4.39 Å². The van der Waals surface area contributed by atoms with Gasteiger partial charge in [-0.15, -0.1) is 0 Å². The second-order valence-electron chi connectivity index (χ2n) is 4.28. The van der Waals surface area contributed by atoms with E-state index in [4.69, 9.17) is 9.47 Å². The molecule has 102 valence electrons. The molecule has 0 aromatic heterocycles. The standard InChI is InChI=1S/C14H22FNO2/c1-5-16-13(8-10(2)17-3)12-9-11(15)6-7-14(12)18-4/h6-7,9-10,13,16H,5,8H2,1-4H3. The van der Waals surface area contributed by atoms with Crippen molar-refractivity contribution in [1.82, 2.24) is 5.32 Å². The van der Waals surface area contributed by atoms with Gasteiger partial charge in [0.25, 0.3) is 0 Å². The lowest BCUT2D eigenvalue weighted by molar-refractivity contribution is 0.100. The number of benzene rings is 1. The van der Waals surface area contributed by atoms with E-state index in [2.05, 4.69) is 5.32 Å². The van der Waals surface area contributed by atoms with E-state index in [1.807, 2.05) is 13.8 Å². The van der Waals surface area contributed by atoms with Crippen molar-refractivity contribution >= 4 is 0 Å². The third kappa shape index (κ3) is 3.96. The van der Waals surface area contributed by atoms with Gasteiger partial charge in [0.2, 0.25) is 0 Å². The molecule has 1 aromatic rings. The van der Waals surface area contributed by atoms with Crippen LogP contribution in [0.2, 0.25) is 0 Å². The SMILES string of the molecule is CCNC(CC(C)OC)c1cc(F)ccc1OC. The molecule has 0 saturated heterocycles. The van der Waals surface area contributed by atoms with E-state index in [1.54, 1.807) is 20.3 Å². The highest BCUT2D eigenvalue weighted by Gasteiger charge is 2.18. The summed E-state index contributed by atoms with van der Waals surface area (Å²) < 4.78 is 24.0. The number of hydrogen-bond donors (Lipinski definition) is 1. The minimum Gasteiger partial charge on any atom is -0.496 e. The Bertz CT molecular complexity index is 371. The Balaban J connectivity index is 2.99. The normalized spacial score (nSPS) is 14.3. The molecule has 2 atom stereocenters. The van der Waals surface area contributed by atoms with Crippen molar-refractivity contribution in [2.75, 3.05) is 20.8 Å². The summed E-state index contributed by atoms with van der Waals surface area (Å²) in [6, 6.07) is 4.61. The fourth-order valence-corrected chi connectivity index (χ4v) is 1.97. The van der Waals surface area contributed by atoms with Gasteiger partial charge in [-0.3, -0.25) is 0 Å². The topological polar surface area (TPSA) is 30.5 Å². The van der Waals surface area contributed by atoms with Crippen molar-refractivity contribution in [2.45, 2.75) is 32.4 Å². The largest absolute Gasteiger partial charge is 0.496 e. The first-order valence-electron chi connectivity index (χ1n) is 6.22. The molecule has 18 heavy (non-hydrogen) atoms. The first-order valence-corrected chi connectivity index (χ1v) is 6.22. The van der Waals surface area contributed by atoms with E-state index in [-0.39, 0.29) is 18.0 Å². The van der Waals surface area contributed by atoms with Crippen molar-refractivity contribution in [3.63, 3.8) is 0 Å². The summed E-state index contributed by atoms with van der Waals surface area (Å²) >= 11 is 0. The molecule has 0 spiro atoms. The molecular formula is C14H22FNO2. The first-order chi connectivity index (χ1) is 8.62. The van der Waals surface area contributed by atoms with Crippen LogP contribution in [0.5, 0.6) is 5.75 Å². The van der Waals surface area contributed by atoms with Crippen LogP contribution in [0.1, 0.15) is 31.9 Å².